The van der Waals surface area contributed by atoms with Gasteiger partial charge in [0, 0.05) is 48.4 Å². The van der Waals surface area contributed by atoms with E-state index >= 15 is 0 Å². The van der Waals surface area contributed by atoms with E-state index in [1.165, 1.54) is 10.8 Å². The molecule has 6 rings (SSSR count). The van der Waals surface area contributed by atoms with Crippen LogP contribution in [0.1, 0.15) is 28.4 Å². The smallest absolute Gasteiger partial charge is 0.253 e. The lowest BCUT2D eigenvalue weighted by molar-refractivity contribution is 0.0595. The van der Waals surface area contributed by atoms with Crippen molar-refractivity contribution in [2.24, 2.45) is 5.92 Å². The molecule has 1 aromatic heterocycles. The van der Waals surface area contributed by atoms with E-state index in [1.54, 1.807) is 6.07 Å². The van der Waals surface area contributed by atoms with Gasteiger partial charge in [-0.2, -0.15) is 0 Å². The maximum absolute atomic E-state index is 13.2. The Morgan fingerprint density at radius 3 is 2.41 bits per heavy atom. The fourth-order valence-electron chi connectivity index (χ4n) is 5.55. The van der Waals surface area contributed by atoms with Gasteiger partial charge in [-0.3, -0.25) is 9.59 Å². The largest absolute Gasteiger partial charge is 0.338 e. The molecule has 4 aromatic rings. The predicted octanol–water partition coefficient (Wildman–Crippen LogP) is 4.93. The molecule has 0 radical (unpaired) electrons. The van der Waals surface area contributed by atoms with E-state index in [-0.39, 0.29) is 17.4 Å². The molecule has 158 valence electrons. The highest BCUT2D eigenvalue weighted by atomic mass is 16.2. The lowest BCUT2D eigenvalue weighted by Gasteiger charge is -2.43. The summed E-state index contributed by atoms with van der Waals surface area (Å²) in [4.78, 5) is 28.0. The quantitative estimate of drug-likeness (QED) is 0.462. The van der Waals surface area contributed by atoms with E-state index < -0.39 is 0 Å². The van der Waals surface area contributed by atoms with Crippen molar-refractivity contribution in [3.63, 3.8) is 0 Å². The van der Waals surface area contributed by atoms with Gasteiger partial charge in [0.1, 0.15) is 0 Å². The number of rotatable bonds is 2. The number of hydrogen-bond acceptors (Lipinski definition) is 2. The molecule has 0 N–H and O–H groups in total. The second-order valence-electron chi connectivity index (χ2n) is 9.02. The molecule has 0 saturated carbocycles. The van der Waals surface area contributed by atoms with E-state index in [0.29, 0.717) is 25.6 Å². The molecule has 2 bridgehead atoms. The maximum atomic E-state index is 13.2. The zero-order valence-electron chi connectivity index (χ0n) is 17.8. The zero-order chi connectivity index (χ0) is 21.7. The highest BCUT2D eigenvalue weighted by molar-refractivity contribution is 5.94. The van der Waals surface area contributed by atoms with Gasteiger partial charge in [0.25, 0.3) is 11.5 Å². The van der Waals surface area contributed by atoms with Gasteiger partial charge >= 0.3 is 0 Å². The summed E-state index contributed by atoms with van der Waals surface area (Å²) >= 11 is 0. The minimum absolute atomic E-state index is 0.0575. The topological polar surface area (TPSA) is 42.3 Å². The minimum atomic E-state index is 0.0575. The van der Waals surface area contributed by atoms with Crippen molar-refractivity contribution in [3.05, 3.63) is 107 Å². The van der Waals surface area contributed by atoms with Crippen molar-refractivity contribution >= 4 is 16.7 Å². The molecule has 0 spiro atoms. The summed E-state index contributed by atoms with van der Waals surface area (Å²) in [6.45, 7) is 2.02. The third-order valence-corrected chi connectivity index (χ3v) is 6.96. The lowest BCUT2D eigenvalue weighted by Crippen LogP contribution is -2.49. The number of amides is 1. The van der Waals surface area contributed by atoms with E-state index in [0.717, 1.165) is 28.8 Å². The molecule has 2 aliphatic heterocycles. The molecule has 0 unspecified atom stereocenters. The first-order valence-corrected chi connectivity index (χ1v) is 11.2. The molecule has 32 heavy (non-hydrogen) atoms. The van der Waals surface area contributed by atoms with Crippen LogP contribution in [0.5, 0.6) is 0 Å². The van der Waals surface area contributed by atoms with Gasteiger partial charge in [0.05, 0.1) is 0 Å². The maximum Gasteiger partial charge on any atom is 0.253 e. The molecule has 4 nitrogen and oxygen atoms in total. The van der Waals surface area contributed by atoms with Crippen molar-refractivity contribution in [1.29, 1.82) is 0 Å². The SMILES string of the molecule is O=C(c1ccccc1)N1C[C@@H]2C[C@H](C1)c1c(-c3ccc4ccccc4c3)ccc(=O)n1C2. The number of likely N-dealkylation sites (tertiary alicyclic amines) is 1. The van der Waals surface area contributed by atoms with Crippen LogP contribution in [-0.4, -0.2) is 28.5 Å². The van der Waals surface area contributed by atoms with E-state index in [1.807, 2.05) is 51.9 Å². The highest BCUT2D eigenvalue weighted by Gasteiger charge is 2.38. The van der Waals surface area contributed by atoms with Crippen LogP contribution in [0, 0.1) is 5.92 Å². The number of carbonyl (C=O) groups is 1. The van der Waals surface area contributed by atoms with E-state index in [2.05, 4.69) is 36.4 Å². The molecule has 0 aliphatic carbocycles. The fourth-order valence-corrected chi connectivity index (χ4v) is 5.55. The average molecular weight is 421 g/mol. The van der Waals surface area contributed by atoms with Crippen molar-refractivity contribution in [1.82, 2.24) is 9.47 Å². The van der Waals surface area contributed by atoms with Gasteiger partial charge in [0.2, 0.25) is 0 Å². The van der Waals surface area contributed by atoms with E-state index in [9.17, 15) is 9.59 Å². The Labute approximate surface area is 186 Å². The first-order chi connectivity index (χ1) is 15.7. The number of hydrogen-bond donors (Lipinski definition) is 0. The van der Waals surface area contributed by atoms with Gasteiger partial charge < -0.3 is 9.47 Å². The Balaban J connectivity index is 1.42. The number of carbonyl (C=O) groups excluding carboxylic acids is 1. The number of piperidine rings is 1. The number of pyridine rings is 1. The monoisotopic (exact) mass is 420 g/mol. The van der Waals surface area contributed by atoms with Gasteiger partial charge in [0.15, 0.2) is 0 Å². The number of aromatic nitrogens is 1. The number of fused-ring (bicyclic) bond motifs is 5. The van der Waals surface area contributed by atoms with E-state index in [4.69, 9.17) is 0 Å². The summed E-state index contributed by atoms with van der Waals surface area (Å²) in [5, 5.41) is 2.39. The van der Waals surface area contributed by atoms with Gasteiger partial charge in [-0.25, -0.2) is 0 Å². The van der Waals surface area contributed by atoms with Crippen molar-refractivity contribution in [2.75, 3.05) is 13.1 Å². The summed E-state index contributed by atoms with van der Waals surface area (Å²) in [7, 11) is 0. The van der Waals surface area contributed by atoms with Crippen molar-refractivity contribution in [2.45, 2.75) is 18.9 Å². The molecule has 3 aromatic carbocycles. The Hall–Kier alpha value is -3.66. The molecule has 1 fully saturated rings. The number of benzene rings is 3. The molecule has 1 amide bonds. The van der Waals surface area contributed by atoms with Crippen LogP contribution < -0.4 is 5.56 Å². The summed E-state index contributed by atoms with van der Waals surface area (Å²) in [6, 6.07) is 28.0. The van der Waals surface area contributed by atoms with Crippen LogP contribution in [0.4, 0.5) is 0 Å². The Kier molecular flexibility index (Phi) is 4.46. The molecular formula is C28H24N2O2. The van der Waals surface area contributed by atoms with Crippen molar-refractivity contribution in [3.8, 4) is 11.1 Å². The minimum Gasteiger partial charge on any atom is -0.338 e. The Bertz CT molecular complexity index is 1390. The van der Waals surface area contributed by atoms with Gasteiger partial charge in [-0.1, -0.05) is 54.6 Å². The third-order valence-electron chi connectivity index (χ3n) is 6.96. The summed E-state index contributed by atoms with van der Waals surface area (Å²) in [5.41, 5.74) is 4.09. The Morgan fingerprint density at radius 1 is 0.781 bits per heavy atom. The predicted molar refractivity (Wildman–Crippen MR) is 127 cm³/mol. The lowest BCUT2D eigenvalue weighted by atomic mass is 9.80. The van der Waals surface area contributed by atoms with Crippen LogP contribution in [0.3, 0.4) is 0 Å². The van der Waals surface area contributed by atoms with Crippen LogP contribution in [-0.2, 0) is 6.54 Å². The number of nitrogens with zero attached hydrogens (tertiary/aromatic N) is 2. The summed E-state index contributed by atoms with van der Waals surface area (Å²) in [5.74, 6) is 0.545. The fraction of sp³-hybridized carbons (Fsp3) is 0.214. The van der Waals surface area contributed by atoms with Crippen LogP contribution in [0.15, 0.2) is 89.7 Å². The molecule has 3 heterocycles. The molecule has 2 aliphatic rings. The first-order valence-electron chi connectivity index (χ1n) is 11.2. The third kappa shape index (κ3) is 3.14. The molecule has 1 saturated heterocycles. The average Bonchev–Trinajstić information content (AvgIpc) is 2.84. The second kappa shape index (κ2) is 7.49. The van der Waals surface area contributed by atoms with Crippen LogP contribution in [0.25, 0.3) is 21.9 Å². The summed E-state index contributed by atoms with van der Waals surface area (Å²) < 4.78 is 1.97. The summed E-state index contributed by atoms with van der Waals surface area (Å²) in [6.07, 6.45) is 1.02. The first kappa shape index (κ1) is 19.1. The zero-order valence-corrected chi connectivity index (χ0v) is 17.8. The van der Waals surface area contributed by atoms with Crippen molar-refractivity contribution < 1.29 is 4.79 Å². The molecule has 2 atom stereocenters. The normalized spacial score (nSPS) is 19.6. The second-order valence-corrected chi connectivity index (χ2v) is 9.02. The Morgan fingerprint density at radius 2 is 1.56 bits per heavy atom. The standard InChI is InChI=1S/C28H24N2O2/c31-26-13-12-25(23-11-10-20-6-4-5-9-22(20)15-23)27-24-14-19(17-30(26)27)16-29(18-24)28(32)21-7-2-1-3-8-21/h1-13,15,19,24H,14,16-18H2/t19-,24+/m0/s1. The van der Waals surface area contributed by atoms with Gasteiger partial charge in [-0.15, -0.1) is 0 Å². The molecular weight excluding hydrogens is 396 g/mol. The van der Waals surface area contributed by atoms with Crippen LogP contribution in [0.2, 0.25) is 0 Å². The highest BCUT2D eigenvalue weighted by Crippen LogP contribution is 2.40. The molecule has 4 heteroatoms. The van der Waals surface area contributed by atoms with Gasteiger partial charge in [-0.05, 0) is 52.9 Å². The van der Waals surface area contributed by atoms with Crippen LogP contribution >= 0.6 is 0 Å².